The predicted molar refractivity (Wildman–Crippen MR) is 132 cm³/mol. The van der Waals surface area contributed by atoms with E-state index in [1.165, 1.54) is 33.4 Å². The van der Waals surface area contributed by atoms with Crippen molar-refractivity contribution in [3.63, 3.8) is 0 Å². The van der Waals surface area contributed by atoms with Crippen LogP contribution in [0, 0.1) is 0 Å². The van der Waals surface area contributed by atoms with E-state index in [0.717, 1.165) is 11.4 Å². The van der Waals surface area contributed by atoms with Crippen molar-refractivity contribution in [3.8, 4) is 33.4 Å². The van der Waals surface area contributed by atoms with Crippen molar-refractivity contribution in [1.82, 2.24) is 0 Å². The van der Waals surface area contributed by atoms with Gasteiger partial charge in [0, 0.05) is 11.4 Å². The van der Waals surface area contributed by atoms with Gasteiger partial charge in [-0.2, -0.15) is 0 Å². The largest absolute Gasteiger partial charge is 0.355 e. The Hall–Kier alpha value is -4.10. The van der Waals surface area contributed by atoms with Crippen LogP contribution in [0.2, 0.25) is 0 Å². The van der Waals surface area contributed by atoms with Crippen molar-refractivity contribution in [3.05, 3.63) is 133 Å². The molecule has 1 heteroatoms. The predicted octanol–water partition coefficient (Wildman–Crippen LogP) is 8.43. The molecule has 0 saturated carbocycles. The third kappa shape index (κ3) is 4.41. The molecular formula is C30H23N. The molecule has 0 amide bonds. The van der Waals surface area contributed by atoms with E-state index in [4.69, 9.17) is 0 Å². The molecule has 0 bridgehead atoms. The second-order valence-electron chi connectivity index (χ2n) is 7.60. The van der Waals surface area contributed by atoms with Crippen molar-refractivity contribution in [2.24, 2.45) is 0 Å². The number of hydrogen-bond donors (Lipinski definition) is 1. The maximum absolute atomic E-state index is 3.57. The molecule has 0 unspecified atom stereocenters. The number of hydrogen-bond acceptors (Lipinski definition) is 1. The molecule has 0 aliphatic carbocycles. The van der Waals surface area contributed by atoms with Crippen LogP contribution in [-0.2, 0) is 0 Å². The first kappa shape index (κ1) is 18.9. The molecule has 5 aromatic rings. The second kappa shape index (κ2) is 8.73. The fourth-order valence-corrected chi connectivity index (χ4v) is 3.86. The Morgan fingerprint density at radius 2 is 0.645 bits per heavy atom. The van der Waals surface area contributed by atoms with Gasteiger partial charge in [-0.15, -0.1) is 0 Å². The lowest BCUT2D eigenvalue weighted by atomic mass is 9.99. The second-order valence-corrected chi connectivity index (χ2v) is 7.60. The third-order valence-electron chi connectivity index (χ3n) is 5.42. The van der Waals surface area contributed by atoms with Crippen LogP contribution >= 0.6 is 0 Å². The Bertz CT molecular complexity index is 1290. The highest BCUT2D eigenvalue weighted by atomic mass is 14.9. The molecule has 0 atom stereocenters. The zero-order chi connectivity index (χ0) is 20.9. The number of benzene rings is 5. The van der Waals surface area contributed by atoms with Gasteiger partial charge in [0.15, 0.2) is 0 Å². The summed E-state index contributed by atoms with van der Waals surface area (Å²) >= 11 is 0. The number of anilines is 2. The Balaban J connectivity index is 1.42. The SMILES string of the molecule is c1ccc(-c2cccc(Nc3cccc(-c4cccc(-c5ccccc5)c4)c3)c2)cc1. The number of rotatable bonds is 5. The standard InChI is InChI=1S/C30H23N/c1-3-10-23(11-4-1)25-14-7-15-26(20-25)28-17-9-19-30(22-28)31-29-18-8-16-27(21-29)24-12-5-2-6-13-24/h1-22,31H. The van der Waals surface area contributed by atoms with Crippen LogP contribution in [0.15, 0.2) is 133 Å². The lowest BCUT2D eigenvalue weighted by Crippen LogP contribution is -1.91. The van der Waals surface area contributed by atoms with Crippen LogP contribution in [0.25, 0.3) is 33.4 Å². The molecule has 5 aromatic carbocycles. The Morgan fingerprint density at radius 3 is 1.16 bits per heavy atom. The lowest BCUT2D eigenvalue weighted by molar-refractivity contribution is 1.53. The molecule has 0 saturated heterocycles. The minimum absolute atomic E-state index is 1.08. The Kier molecular flexibility index (Phi) is 5.32. The highest BCUT2D eigenvalue weighted by Crippen LogP contribution is 2.30. The van der Waals surface area contributed by atoms with Crippen molar-refractivity contribution in [2.75, 3.05) is 5.32 Å². The van der Waals surface area contributed by atoms with Crippen molar-refractivity contribution < 1.29 is 0 Å². The molecule has 0 aliphatic rings. The average Bonchev–Trinajstić information content (AvgIpc) is 2.86. The molecular weight excluding hydrogens is 374 g/mol. The van der Waals surface area contributed by atoms with E-state index in [9.17, 15) is 0 Å². The summed E-state index contributed by atoms with van der Waals surface area (Å²) in [4.78, 5) is 0. The summed E-state index contributed by atoms with van der Waals surface area (Å²) in [5, 5.41) is 3.57. The molecule has 0 aliphatic heterocycles. The van der Waals surface area contributed by atoms with E-state index in [1.807, 2.05) is 6.07 Å². The van der Waals surface area contributed by atoms with E-state index in [2.05, 4.69) is 133 Å². The summed E-state index contributed by atoms with van der Waals surface area (Å²) in [6, 6.07) is 46.8. The lowest BCUT2D eigenvalue weighted by Gasteiger charge is -2.11. The number of nitrogens with one attached hydrogen (secondary N) is 1. The van der Waals surface area contributed by atoms with Gasteiger partial charge >= 0.3 is 0 Å². The molecule has 0 aromatic heterocycles. The van der Waals surface area contributed by atoms with E-state index < -0.39 is 0 Å². The summed E-state index contributed by atoms with van der Waals surface area (Å²) in [5.74, 6) is 0. The third-order valence-corrected chi connectivity index (χ3v) is 5.42. The van der Waals surface area contributed by atoms with Gasteiger partial charge < -0.3 is 5.32 Å². The summed E-state index contributed by atoms with van der Waals surface area (Å²) in [7, 11) is 0. The average molecular weight is 398 g/mol. The van der Waals surface area contributed by atoms with Gasteiger partial charge in [0.1, 0.15) is 0 Å². The van der Waals surface area contributed by atoms with Crippen LogP contribution in [-0.4, -0.2) is 0 Å². The van der Waals surface area contributed by atoms with Gasteiger partial charge in [-0.3, -0.25) is 0 Å². The molecule has 0 radical (unpaired) electrons. The zero-order valence-corrected chi connectivity index (χ0v) is 17.2. The summed E-state index contributed by atoms with van der Waals surface area (Å²) in [6.45, 7) is 0. The van der Waals surface area contributed by atoms with Gasteiger partial charge in [0.05, 0.1) is 0 Å². The smallest absolute Gasteiger partial charge is 0.0390 e. The van der Waals surface area contributed by atoms with Crippen molar-refractivity contribution >= 4 is 11.4 Å². The highest BCUT2D eigenvalue weighted by Gasteiger charge is 2.04. The van der Waals surface area contributed by atoms with Gasteiger partial charge in [-0.25, -0.2) is 0 Å². The van der Waals surface area contributed by atoms with Crippen LogP contribution < -0.4 is 5.32 Å². The van der Waals surface area contributed by atoms with Crippen LogP contribution in [0.3, 0.4) is 0 Å². The van der Waals surface area contributed by atoms with Crippen molar-refractivity contribution in [1.29, 1.82) is 0 Å². The van der Waals surface area contributed by atoms with Gasteiger partial charge in [-0.1, -0.05) is 103 Å². The molecule has 1 nitrogen and oxygen atoms in total. The molecule has 5 rings (SSSR count). The van der Waals surface area contributed by atoms with Crippen LogP contribution in [0.1, 0.15) is 0 Å². The summed E-state index contributed by atoms with van der Waals surface area (Å²) in [5.41, 5.74) is 9.45. The zero-order valence-electron chi connectivity index (χ0n) is 17.2. The highest BCUT2D eigenvalue weighted by molar-refractivity contribution is 5.77. The minimum Gasteiger partial charge on any atom is -0.355 e. The van der Waals surface area contributed by atoms with E-state index in [-0.39, 0.29) is 0 Å². The van der Waals surface area contributed by atoms with E-state index >= 15 is 0 Å². The minimum atomic E-state index is 1.08. The molecule has 148 valence electrons. The van der Waals surface area contributed by atoms with Gasteiger partial charge in [0.25, 0.3) is 0 Å². The maximum atomic E-state index is 3.57. The fourth-order valence-electron chi connectivity index (χ4n) is 3.86. The molecule has 1 N–H and O–H groups in total. The Morgan fingerprint density at radius 1 is 0.290 bits per heavy atom. The quantitative estimate of drug-likeness (QED) is 0.314. The molecule has 0 spiro atoms. The molecule has 0 fully saturated rings. The topological polar surface area (TPSA) is 12.0 Å². The maximum Gasteiger partial charge on any atom is 0.0390 e. The van der Waals surface area contributed by atoms with Crippen LogP contribution in [0.5, 0.6) is 0 Å². The summed E-state index contributed by atoms with van der Waals surface area (Å²) < 4.78 is 0. The molecule has 0 heterocycles. The molecule has 31 heavy (non-hydrogen) atoms. The first-order chi connectivity index (χ1) is 15.3. The van der Waals surface area contributed by atoms with Gasteiger partial charge in [0.2, 0.25) is 0 Å². The first-order valence-corrected chi connectivity index (χ1v) is 10.5. The Labute approximate surface area is 183 Å². The van der Waals surface area contributed by atoms with Gasteiger partial charge in [-0.05, 0) is 63.7 Å². The van der Waals surface area contributed by atoms with E-state index in [1.54, 1.807) is 0 Å². The normalized spacial score (nSPS) is 10.6. The monoisotopic (exact) mass is 397 g/mol. The van der Waals surface area contributed by atoms with Crippen LogP contribution in [0.4, 0.5) is 11.4 Å². The fraction of sp³-hybridized carbons (Fsp3) is 0. The summed E-state index contributed by atoms with van der Waals surface area (Å²) in [6.07, 6.45) is 0. The first-order valence-electron chi connectivity index (χ1n) is 10.5. The van der Waals surface area contributed by atoms with E-state index in [0.29, 0.717) is 0 Å². The van der Waals surface area contributed by atoms with Crippen molar-refractivity contribution in [2.45, 2.75) is 0 Å².